The van der Waals surface area contributed by atoms with Crippen LogP contribution in [0.4, 0.5) is 10.8 Å². The van der Waals surface area contributed by atoms with Crippen molar-refractivity contribution < 1.29 is 9.53 Å². The van der Waals surface area contributed by atoms with Crippen molar-refractivity contribution >= 4 is 28.1 Å². The van der Waals surface area contributed by atoms with Crippen molar-refractivity contribution in [2.45, 2.75) is 20.8 Å². The molecule has 19 heavy (non-hydrogen) atoms. The van der Waals surface area contributed by atoms with E-state index in [1.807, 2.05) is 13.8 Å². The summed E-state index contributed by atoms with van der Waals surface area (Å²) >= 11 is 1.39. The molecule has 0 saturated carbocycles. The van der Waals surface area contributed by atoms with Crippen LogP contribution < -0.4 is 5.32 Å². The molecule has 0 bridgehead atoms. The minimum absolute atomic E-state index is 0.347. The molecule has 0 atom stereocenters. The average Bonchev–Trinajstić information content (AvgIpc) is 2.83. The van der Waals surface area contributed by atoms with Gasteiger partial charge in [0.1, 0.15) is 0 Å². The van der Waals surface area contributed by atoms with Crippen molar-refractivity contribution in [2.24, 2.45) is 0 Å². The number of hydrogen-bond donors (Lipinski definition) is 1. The Hall–Kier alpha value is -1.88. The molecule has 0 unspecified atom stereocenters. The Kier molecular flexibility index (Phi) is 4.16. The van der Waals surface area contributed by atoms with Gasteiger partial charge in [-0.15, -0.1) is 11.3 Å². The number of esters is 1. The lowest BCUT2D eigenvalue weighted by Gasteiger charge is -2.07. The van der Waals surface area contributed by atoms with E-state index >= 15 is 0 Å². The zero-order chi connectivity index (χ0) is 13.8. The van der Waals surface area contributed by atoms with Crippen LogP contribution >= 0.6 is 11.3 Å². The summed E-state index contributed by atoms with van der Waals surface area (Å²) < 4.78 is 4.91. The Labute approximate surface area is 116 Å². The van der Waals surface area contributed by atoms with Crippen LogP contribution in [0.25, 0.3) is 0 Å². The molecular formula is C14H16N2O2S. The third-order valence-electron chi connectivity index (χ3n) is 2.62. The van der Waals surface area contributed by atoms with Gasteiger partial charge in [0.05, 0.1) is 6.61 Å². The second-order valence-electron chi connectivity index (χ2n) is 4.20. The highest BCUT2D eigenvalue weighted by Gasteiger charge is 2.12. The third-order valence-corrected chi connectivity index (χ3v) is 3.38. The molecule has 0 aliphatic rings. The largest absolute Gasteiger partial charge is 0.461 e. The van der Waals surface area contributed by atoms with Crippen LogP contribution in [0.2, 0.25) is 0 Å². The molecule has 0 fully saturated rings. The van der Waals surface area contributed by atoms with E-state index in [0.29, 0.717) is 17.4 Å². The molecule has 1 aromatic carbocycles. The van der Waals surface area contributed by atoms with Gasteiger partial charge in [-0.3, -0.25) is 0 Å². The van der Waals surface area contributed by atoms with Gasteiger partial charge in [-0.25, -0.2) is 9.78 Å². The van der Waals surface area contributed by atoms with E-state index in [-0.39, 0.29) is 5.97 Å². The lowest BCUT2D eigenvalue weighted by Crippen LogP contribution is -2.05. The maximum atomic E-state index is 11.5. The average molecular weight is 276 g/mol. The first-order chi connectivity index (χ1) is 9.10. The highest BCUT2D eigenvalue weighted by atomic mass is 32.1. The fraction of sp³-hybridized carbons (Fsp3) is 0.286. The third kappa shape index (κ3) is 3.32. The van der Waals surface area contributed by atoms with E-state index < -0.39 is 0 Å². The molecule has 2 aromatic rings. The van der Waals surface area contributed by atoms with Gasteiger partial charge in [-0.05, 0) is 38.0 Å². The minimum Gasteiger partial charge on any atom is -0.461 e. The number of ether oxygens (including phenoxy) is 1. The van der Waals surface area contributed by atoms with Gasteiger partial charge >= 0.3 is 5.97 Å². The van der Waals surface area contributed by atoms with Gasteiger partial charge < -0.3 is 10.1 Å². The molecule has 0 amide bonds. The number of carbonyl (C=O) groups is 1. The Bertz CT molecular complexity index is 593. The van der Waals surface area contributed by atoms with E-state index in [0.717, 1.165) is 11.3 Å². The van der Waals surface area contributed by atoms with Crippen LogP contribution in [0.3, 0.4) is 0 Å². The highest BCUT2D eigenvalue weighted by Crippen LogP contribution is 2.24. The molecule has 0 aliphatic carbocycles. The van der Waals surface area contributed by atoms with Gasteiger partial charge in [-0.1, -0.05) is 12.1 Å². The Morgan fingerprint density at radius 1 is 1.42 bits per heavy atom. The van der Waals surface area contributed by atoms with Gasteiger partial charge in [0.2, 0.25) is 0 Å². The fourth-order valence-corrected chi connectivity index (χ4v) is 2.31. The van der Waals surface area contributed by atoms with Gasteiger partial charge in [0.15, 0.2) is 10.8 Å². The Morgan fingerprint density at radius 3 is 2.95 bits per heavy atom. The Morgan fingerprint density at radius 2 is 2.21 bits per heavy atom. The monoisotopic (exact) mass is 276 g/mol. The molecule has 4 nitrogen and oxygen atoms in total. The first kappa shape index (κ1) is 13.5. The number of anilines is 2. The van der Waals surface area contributed by atoms with Gasteiger partial charge in [0.25, 0.3) is 0 Å². The summed E-state index contributed by atoms with van der Waals surface area (Å²) in [5, 5.41) is 5.62. The zero-order valence-electron chi connectivity index (χ0n) is 11.2. The number of thiazole rings is 1. The zero-order valence-corrected chi connectivity index (χ0v) is 12.0. The number of aryl methyl sites for hydroxylation is 2. The molecule has 1 N–H and O–H groups in total. The maximum absolute atomic E-state index is 11.5. The quantitative estimate of drug-likeness (QED) is 0.865. The number of hydrogen-bond acceptors (Lipinski definition) is 5. The number of nitrogens with zero attached hydrogens (tertiary/aromatic N) is 1. The van der Waals surface area contributed by atoms with E-state index in [2.05, 4.69) is 28.5 Å². The standard InChI is InChI=1S/C14H16N2O2S/c1-4-18-13(17)12-8-19-14(16-12)15-11-7-9(2)5-6-10(11)3/h5-8H,4H2,1-3H3,(H,15,16). The van der Waals surface area contributed by atoms with Crippen molar-refractivity contribution in [3.63, 3.8) is 0 Å². The molecule has 2 rings (SSSR count). The number of rotatable bonds is 4. The molecule has 1 heterocycles. The molecule has 1 aromatic heterocycles. The smallest absolute Gasteiger partial charge is 0.357 e. The van der Waals surface area contributed by atoms with Crippen LogP contribution in [0, 0.1) is 13.8 Å². The van der Waals surface area contributed by atoms with Crippen LogP contribution in [0.15, 0.2) is 23.6 Å². The summed E-state index contributed by atoms with van der Waals surface area (Å²) in [6.45, 7) is 6.20. The van der Waals surface area contributed by atoms with Gasteiger partial charge in [-0.2, -0.15) is 0 Å². The van der Waals surface area contributed by atoms with Crippen molar-refractivity contribution in [2.75, 3.05) is 11.9 Å². The summed E-state index contributed by atoms with van der Waals surface area (Å²) in [5.41, 5.74) is 3.66. The summed E-state index contributed by atoms with van der Waals surface area (Å²) in [6, 6.07) is 6.17. The van der Waals surface area contributed by atoms with Crippen LogP contribution in [0.1, 0.15) is 28.5 Å². The SMILES string of the molecule is CCOC(=O)c1csc(Nc2cc(C)ccc2C)n1. The van der Waals surface area contributed by atoms with E-state index in [1.165, 1.54) is 16.9 Å². The predicted molar refractivity (Wildman–Crippen MR) is 77.3 cm³/mol. The van der Waals surface area contributed by atoms with E-state index in [9.17, 15) is 4.79 Å². The number of aromatic nitrogens is 1. The summed E-state index contributed by atoms with van der Waals surface area (Å²) in [7, 11) is 0. The van der Waals surface area contributed by atoms with Crippen LogP contribution in [-0.2, 0) is 4.74 Å². The Balaban J connectivity index is 2.15. The first-order valence-electron chi connectivity index (χ1n) is 6.07. The minimum atomic E-state index is -0.382. The van der Waals surface area contributed by atoms with Crippen molar-refractivity contribution in [3.8, 4) is 0 Å². The topological polar surface area (TPSA) is 51.2 Å². The van der Waals surface area contributed by atoms with Crippen molar-refractivity contribution in [3.05, 3.63) is 40.4 Å². The second kappa shape index (κ2) is 5.84. The summed E-state index contributed by atoms with van der Waals surface area (Å²) in [4.78, 5) is 15.8. The number of nitrogens with one attached hydrogen (secondary N) is 1. The molecule has 100 valence electrons. The lowest BCUT2D eigenvalue weighted by atomic mass is 10.1. The van der Waals surface area contributed by atoms with Crippen molar-refractivity contribution in [1.82, 2.24) is 4.98 Å². The fourth-order valence-electron chi connectivity index (χ4n) is 1.62. The molecule has 0 aliphatic heterocycles. The number of benzene rings is 1. The highest BCUT2D eigenvalue weighted by molar-refractivity contribution is 7.14. The second-order valence-corrected chi connectivity index (χ2v) is 5.06. The van der Waals surface area contributed by atoms with E-state index in [4.69, 9.17) is 4.74 Å². The molecule has 5 heteroatoms. The van der Waals surface area contributed by atoms with E-state index in [1.54, 1.807) is 12.3 Å². The molecular weight excluding hydrogens is 260 g/mol. The summed E-state index contributed by atoms with van der Waals surface area (Å²) in [5.74, 6) is -0.382. The molecule has 0 radical (unpaired) electrons. The maximum Gasteiger partial charge on any atom is 0.357 e. The number of carbonyl (C=O) groups excluding carboxylic acids is 1. The lowest BCUT2D eigenvalue weighted by molar-refractivity contribution is 0.0520. The van der Waals surface area contributed by atoms with Gasteiger partial charge in [0, 0.05) is 11.1 Å². The van der Waals surface area contributed by atoms with Crippen LogP contribution in [-0.4, -0.2) is 17.6 Å². The molecule has 0 saturated heterocycles. The van der Waals surface area contributed by atoms with Crippen LogP contribution in [0.5, 0.6) is 0 Å². The first-order valence-corrected chi connectivity index (χ1v) is 6.95. The van der Waals surface area contributed by atoms with Crippen molar-refractivity contribution in [1.29, 1.82) is 0 Å². The molecule has 0 spiro atoms. The summed E-state index contributed by atoms with van der Waals surface area (Å²) in [6.07, 6.45) is 0. The predicted octanol–water partition coefficient (Wildman–Crippen LogP) is 3.68. The normalized spacial score (nSPS) is 10.3.